The molecule has 0 aromatic carbocycles. The molecule has 8 nitrogen and oxygen atoms in total. The van der Waals surface area contributed by atoms with Crippen LogP contribution in [-0.4, -0.2) is 73.4 Å². The highest BCUT2D eigenvalue weighted by Crippen LogP contribution is 2.43. The summed E-state index contributed by atoms with van der Waals surface area (Å²) in [6.07, 6.45) is 73.3. The Hall–Kier alpha value is -2.84. The second-order valence-corrected chi connectivity index (χ2v) is 21.0. The quantitative estimate of drug-likeness (QED) is 0.0243. The van der Waals surface area contributed by atoms with E-state index in [0.717, 1.165) is 96.3 Å². The molecule has 0 aliphatic rings. The second kappa shape index (κ2) is 50.1. The van der Waals surface area contributed by atoms with Crippen LogP contribution in [0.2, 0.25) is 0 Å². The summed E-state index contributed by atoms with van der Waals surface area (Å²) in [5, 5.41) is 13.9. The van der Waals surface area contributed by atoms with Crippen LogP contribution < -0.4 is 5.32 Å². The largest absolute Gasteiger partial charge is 0.472 e. The summed E-state index contributed by atoms with van der Waals surface area (Å²) in [4.78, 5) is 23.3. The molecular formula is C60H106N2O6P+. The maximum atomic E-state index is 13.0. The lowest BCUT2D eigenvalue weighted by atomic mass is 10.0. The van der Waals surface area contributed by atoms with Crippen molar-refractivity contribution in [3.63, 3.8) is 0 Å². The number of unbranched alkanes of at least 4 members (excludes halogenated alkanes) is 20. The van der Waals surface area contributed by atoms with Crippen LogP contribution in [-0.2, 0) is 18.4 Å². The van der Waals surface area contributed by atoms with Gasteiger partial charge in [-0.3, -0.25) is 13.8 Å². The van der Waals surface area contributed by atoms with Gasteiger partial charge in [0.25, 0.3) is 0 Å². The van der Waals surface area contributed by atoms with Crippen LogP contribution in [0.3, 0.4) is 0 Å². The normalized spacial score (nSPS) is 14.8. The molecule has 0 aromatic rings. The number of allylic oxidation sites excluding steroid dienone is 17. The van der Waals surface area contributed by atoms with E-state index in [2.05, 4.69) is 116 Å². The summed E-state index contributed by atoms with van der Waals surface area (Å²) in [5.41, 5.74) is 0. The van der Waals surface area contributed by atoms with Gasteiger partial charge in [-0.15, -0.1) is 0 Å². The average Bonchev–Trinajstić information content (AvgIpc) is 3.31. The predicted molar refractivity (Wildman–Crippen MR) is 299 cm³/mol. The summed E-state index contributed by atoms with van der Waals surface area (Å²) >= 11 is 0. The van der Waals surface area contributed by atoms with Crippen molar-refractivity contribution >= 4 is 13.7 Å². The number of phosphoric acid groups is 1. The highest BCUT2D eigenvalue weighted by molar-refractivity contribution is 7.47. The molecule has 3 atom stereocenters. The fourth-order valence-electron chi connectivity index (χ4n) is 7.37. The molecule has 3 N–H and O–H groups in total. The van der Waals surface area contributed by atoms with E-state index >= 15 is 0 Å². The lowest BCUT2D eigenvalue weighted by Crippen LogP contribution is -2.45. The fraction of sp³-hybridized carbons (Fsp3) is 0.683. The van der Waals surface area contributed by atoms with Crippen LogP contribution in [0.4, 0.5) is 0 Å². The summed E-state index contributed by atoms with van der Waals surface area (Å²) in [5.74, 6) is -0.219. The van der Waals surface area contributed by atoms with E-state index < -0.39 is 20.0 Å². The van der Waals surface area contributed by atoms with Crippen LogP contribution in [0.25, 0.3) is 0 Å². The van der Waals surface area contributed by atoms with Gasteiger partial charge >= 0.3 is 7.82 Å². The monoisotopic (exact) mass is 982 g/mol. The maximum absolute atomic E-state index is 13.0. The highest BCUT2D eigenvalue weighted by atomic mass is 31.2. The number of nitrogens with one attached hydrogen (secondary N) is 1. The lowest BCUT2D eigenvalue weighted by molar-refractivity contribution is -0.870. The third-order valence-electron chi connectivity index (χ3n) is 11.7. The van der Waals surface area contributed by atoms with E-state index in [0.29, 0.717) is 17.4 Å². The summed E-state index contributed by atoms with van der Waals surface area (Å²) in [6.45, 7) is 4.65. The number of likely N-dealkylation sites (N-methyl/N-ethyl adjacent to an activating group) is 1. The third-order valence-corrected chi connectivity index (χ3v) is 12.7. The number of nitrogens with zero attached hydrogens (tertiary/aromatic N) is 1. The topological polar surface area (TPSA) is 105 Å². The van der Waals surface area contributed by atoms with Crippen molar-refractivity contribution in [3.05, 3.63) is 109 Å². The number of hydrogen-bond donors (Lipinski definition) is 3. The molecule has 0 aliphatic carbocycles. The SMILES string of the molecule is CC/C=C\C/C=C\C/C=C\C/C=C\C/C=C\C/C=C\CCCCCCC(=O)NC(COP(=O)(O)OCC[N+](C)(C)C)C(O)/C=C/CC/C=C/CC/C=C/CCCCCCCCCCCCCCCC. The fourth-order valence-corrected chi connectivity index (χ4v) is 8.11. The minimum absolute atomic E-state index is 0.0419. The molecule has 3 unspecified atom stereocenters. The Morgan fingerprint density at radius 1 is 0.507 bits per heavy atom. The van der Waals surface area contributed by atoms with Crippen LogP contribution in [0.1, 0.15) is 213 Å². The zero-order chi connectivity index (χ0) is 50.6. The molecule has 0 spiro atoms. The molecule has 0 heterocycles. The number of carbonyl (C=O) groups is 1. The summed E-state index contributed by atoms with van der Waals surface area (Å²) in [7, 11) is 1.51. The molecule has 1 amide bonds. The number of rotatable bonds is 49. The Bertz CT molecular complexity index is 1490. The molecule has 0 bridgehead atoms. The first-order chi connectivity index (χ1) is 33.5. The first-order valence-corrected chi connectivity index (χ1v) is 29.3. The Kier molecular flexibility index (Phi) is 48.1. The van der Waals surface area contributed by atoms with Gasteiger partial charge in [0.15, 0.2) is 0 Å². The smallest absolute Gasteiger partial charge is 0.387 e. The van der Waals surface area contributed by atoms with Gasteiger partial charge in [-0.25, -0.2) is 4.57 Å². The number of aliphatic hydroxyl groups excluding tert-OH is 1. The number of amides is 1. The van der Waals surface area contributed by atoms with Crippen LogP contribution in [0.15, 0.2) is 109 Å². The third kappa shape index (κ3) is 52.8. The first kappa shape index (κ1) is 66.2. The average molecular weight is 982 g/mol. The van der Waals surface area contributed by atoms with Gasteiger partial charge < -0.3 is 19.8 Å². The lowest BCUT2D eigenvalue weighted by Gasteiger charge is -2.25. The zero-order valence-corrected chi connectivity index (χ0v) is 45.9. The summed E-state index contributed by atoms with van der Waals surface area (Å²) in [6, 6.07) is -0.892. The molecule has 9 heteroatoms. The van der Waals surface area contributed by atoms with Crippen molar-refractivity contribution in [3.8, 4) is 0 Å². The molecule has 0 saturated carbocycles. The maximum Gasteiger partial charge on any atom is 0.472 e. The van der Waals surface area contributed by atoms with E-state index in [1.54, 1.807) is 6.08 Å². The Labute approximate surface area is 425 Å². The van der Waals surface area contributed by atoms with Gasteiger partial charge in [0, 0.05) is 6.42 Å². The Morgan fingerprint density at radius 3 is 1.33 bits per heavy atom. The van der Waals surface area contributed by atoms with Crippen LogP contribution >= 0.6 is 7.82 Å². The molecule has 0 rings (SSSR count). The van der Waals surface area contributed by atoms with Crippen molar-refractivity contribution in [2.45, 2.75) is 225 Å². The van der Waals surface area contributed by atoms with Crippen molar-refractivity contribution in [1.82, 2.24) is 5.32 Å². The van der Waals surface area contributed by atoms with Crippen LogP contribution in [0.5, 0.6) is 0 Å². The molecule has 0 radical (unpaired) electrons. The highest BCUT2D eigenvalue weighted by Gasteiger charge is 2.27. The number of aliphatic hydroxyl groups is 1. The Morgan fingerprint density at radius 2 is 0.884 bits per heavy atom. The standard InChI is InChI=1S/C60H105N2O6P/c1-6-8-10-12-14-16-18-20-22-24-26-28-30-32-33-35-37-39-41-43-45-47-49-51-53-59(63)58(57-68-69(65,66)67-56-55-62(3,4)5)61-60(64)54-52-50-48-46-44-42-40-38-36-34-31-29-27-25-23-21-19-17-15-13-11-9-7-2/h9,11,15,17,21,23,27,29,34-37,40,42-43,45,51,53,58-59,63H,6-8,10,12-14,16,18-20,22,24-26,28,30-33,38-39,41,44,46-50,52,54-57H2,1-5H3,(H-,61,64,65,66)/p+1/b11-9-,17-15-,23-21-,29-27-,36-34-,37-35+,42-40-,45-43+,53-51+. The molecule has 69 heavy (non-hydrogen) atoms. The summed E-state index contributed by atoms with van der Waals surface area (Å²) < 4.78 is 23.6. The molecular weight excluding hydrogens is 876 g/mol. The number of phosphoric ester groups is 1. The molecule has 0 aliphatic heterocycles. The van der Waals surface area contributed by atoms with E-state index in [9.17, 15) is 19.4 Å². The second-order valence-electron chi connectivity index (χ2n) is 19.6. The van der Waals surface area contributed by atoms with E-state index in [4.69, 9.17) is 9.05 Å². The molecule has 0 saturated heterocycles. The Balaban J connectivity index is 4.42. The predicted octanol–water partition coefficient (Wildman–Crippen LogP) is 16.8. The number of hydrogen-bond acceptors (Lipinski definition) is 5. The molecule has 0 aromatic heterocycles. The molecule has 0 fully saturated rings. The van der Waals surface area contributed by atoms with Gasteiger partial charge in [-0.05, 0) is 96.3 Å². The van der Waals surface area contributed by atoms with E-state index in [-0.39, 0.29) is 19.1 Å². The first-order valence-electron chi connectivity index (χ1n) is 27.8. The van der Waals surface area contributed by atoms with Gasteiger partial charge in [-0.2, -0.15) is 0 Å². The van der Waals surface area contributed by atoms with Crippen LogP contribution in [0, 0.1) is 0 Å². The minimum Gasteiger partial charge on any atom is -0.387 e. The van der Waals surface area contributed by atoms with Gasteiger partial charge in [0.2, 0.25) is 5.91 Å². The van der Waals surface area contributed by atoms with Crippen molar-refractivity contribution in [2.24, 2.45) is 0 Å². The van der Waals surface area contributed by atoms with E-state index in [1.165, 1.54) is 96.3 Å². The van der Waals surface area contributed by atoms with Crippen molar-refractivity contribution in [2.75, 3.05) is 40.9 Å². The minimum atomic E-state index is -4.37. The number of carbonyl (C=O) groups excluding carboxylic acids is 1. The molecule has 396 valence electrons. The zero-order valence-electron chi connectivity index (χ0n) is 45.0. The van der Waals surface area contributed by atoms with Crippen molar-refractivity contribution in [1.29, 1.82) is 0 Å². The van der Waals surface area contributed by atoms with E-state index in [1.807, 2.05) is 27.2 Å². The van der Waals surface area contributed by atoms with Gasteiger partial charge in [-0.1, -0.05) is 220 Å². The van der Waals surface area contributed by atoms with Crippen molar-refractivity contribution < 1.29 is 32.9 Å². The van der Waals surface area contributed by atoms with Gasteiger partial charge in [0.05, 0.1) is 39.9 Å². The van der Waals surface area contributed by atoms with Gasteiger partial charge in [0.1, 0.15) is 13.2 Å². The number of quaternary nitrogens is 1.